The first-order chi connectivity index (χ1) is 9.10. The van der Waals surface area contributed by atoms with Crippen LogP contribution in [0.3, 0.4) is 0 Å². The summed E-state index contributed by atoms with van der Waals surface area (Å²) in [4.78, 5) is 12.0. The van der Waals surface area contributed by atoms with Gasteiger partial charge < -0.3 is 9.47 Å². The average molecular weight is 330 g/mol. The molecule has 0 aromatic heterocycles. The van der Waals surface area contributed by atoms with Crippen molar-refractivity contribution in [2.24, 2.45) is 0 Å². The number of hydrogen-bond donors (Lipinski definition) is 1. The summed E-state index contributed by atoms with van der Waals surface area (Å²) in [5, 5.41) is 3.15. The maximum Gasteiger partial charge on any atom is 0.327 e. The lowest BCUT2D eigenvalue weighted by atomic mass is 10.1. The number of halogens is 1. The number of carbonyl (C=O) groups is 1. The van der Waals surface area contributed by atoms with Gasteiger partial charge in [-0.2, -0.15) is 0 Å². The molecule has 0 aliphatic carbocycles. The zero-order valence-corrected chi connectivity index (χ0v) is 13.1. The standard InChI is InChI=1S/C14H20BrNO3/c1-4-19-14(17)13(16-7-8-18-3)11-6-5-10(2)12(15)9-11/h5-6,9,13,16H,4,7-8H2,1-3H3. The molecular weight excluding hydrogens is 310 g/mol. The molecule has 1 N–H and O–H groups in total. The van der Waals surface area contributed by atoms with Crippen LogP contribution >= 0.6 is 15.9 Å². The molecule has 0 aliphatic rings. The monoisotopic (exact) mass is 329 g/mol. The van der Waals surface area contributed by atoms with Crippen LogP contribution in [0, 0.1) is 6.92 Å². The third-order valence-corrected chi connectivity index (χ3v) is 3.56. The minimum Gasteiger partial charge on any atom is -0.465 e. The Bertz CT molecular complexity index is 423. The van der Waals surface area contributed by atoms with Gasteiger partial charge >= 0.3 is 5.97 Å². The molecule has 1 unspecified atom stereocenters. The van der Waals surface area contributed by atoms with Crippen LogP contribution < -0.4 is 5.32 Å². The van der Waals surface area contributed by atoms with Gasteiger partial charge in [-0.25, -0.2) is 4.79 Å². The molecule has 0 heterocycles. The van der Waals surface area contributed by atoms with E-state index in [0.717, 1.165) is 15.6 Å². The molecule has 106 valence electrons. The predicted molar refractivity (Wildman–Crippen MR) is 78.1 cm³/mol. The molecule has 5 heteroatoms. The number of carbonyl (C=O) groups excluding carboxylic acids is 1. The molecule has 0 fully saturated rings. The predicted octanol–water partition coefficient (Wildman–Crippen LogP) is 2.60. The molecule has 0 amide bonds. The van der Waals surface area contributed by atoms with Crippen molar-refractivity contribution in [1.82, 2.24) is 5.32 Å². The lowest BCUT2D eigenvalue weighted by Crippen LogP contribution is -2.32. The topological polar surface area (TPSA) is 47.6 Å². The van der Waals surface area contributed by atoms with Crippen molar-refractivity contribution in [3.05, 3.63) is 33.8 Å². The van der Waals surface area contributed by atoms with Gasteiger partial charge in [0.15, 0.2) is 0 Å². The van der Waals surface area contributed by atoms with E-state index in [1.54, 1.807) is 14.0 Å². The molecule has 0 bridgehead atoms. The van der Waals surface area contributed by atoms with Crippen molar-refractivity contribution in [1.29, 1.82) is 0 Å². The van der Waals surface area contributed by atoms with Crippen molar-refractivity contribution in [2.45, 2.75) is 19.9 Å². The Morgan fingerprint density at radius 3 is 2.79 bits per heavy atom. The minimum absolute atomic E-state index is 0.269. The molecule has 19 heavy (non-hydrogen) atoms. The van der Waals surface area contributed by atoms with Crippen molar-refractivity contribution in [3.8, 4) is 0 Å². The van der Waals surface area contributed by atoms with E-state index >= 15 is 0 Å². The summed E-state index contributed by atoms with van der Waals surface area (Å²) >= 11 is 3.48. The molecule has 4 nitrogen and oxygen atoms in total. The normalized spacial score (nSPS) is 12.2. The van der Waals surface area contributed by atoms with Crippen LogP contribution in [0.25, 0.3) is 0 Å². The molecular formula is C14H20BrNO3. The van der Waals surface area contributed by atoms with E-state index in [9.17, 15) is 4.79 Å². The number of hydrogen-bond acceptors (Lipinski definition) is 4. The first kappa shape index (κ1) is 16.1. The number of ether oxygens (including phenoxy) is 2. The van der Waals surface area contributed by atoms with Crippen LogP contribution in [-0.4, -0.2) is 32.8 Å². The third kappa shape index (κ3) is 4.93. The fraction of sp³-hybridized carbons (Fsp3) is 0.500. The Balaban J connectivity index is 2.87. The van der Waals surface area contributed by atoms with E-state index < -0.39 is 6.04 Å². The van der Waals surface area contributed by atoms with E-state index in [2.05, 4.69) is 21.2 Å². The van der Waals surface area contributed by atoms with Crippen LogP contribution in [-0.2, 0) is 14.3 Å². The fourth-order valence-electron chi connectivity index (χ4n) is 1.66. The number of rotatable bonds is 7. The highest BCUT2D eigenvalue weighted by molar-refractivity contribution is 9.10. The molecule has 0 saturated carbocycles. The number of benzene rings is 1. The summed E-state index contributed by atoms with van der Waals surface area (Å²) in [6, 6.07) is 5.38. The summed E-state index contributed by atoms with van der Waals surface area (Å²) in [6.07, 6.45) is 0. The van der Waals surface area contributed by atoms with Gasteiger partial charge in [0.2, 0.25) is 0 Å². The summed E-state index contributed by atoms with van der Waals surface area (Å²) in [5.74, 6) is -0.269. The van der Waals surface area contributed by atoms with Gasteiger partial charge in [-0.05, 0) is 31.0 Å². The van der Waals surface area contributed by atoms with Crippen LogP contribution in [0.15, 0.2) is 22.7 Å². The maximum absolute atomic E-state index is 12.0. The Labute approximate surface area is 122 Å². The van der Waals surface area contributed by atoms with E-state index in [0.29, 0.717) is 19.8 Å². The lowest BCUT2D eigenvalue weighted by molar-refractivity contribution is -0.145. The van der Waals surface area contributed by atoms with Crippen molar-refractivity contribution >= 4 is 21.9 Å². The van der Waals surface area contributed by atoms with Crippen LogP contribution in [0.4, 0.5) is 0 Å². The fourth-order valence-corrected chi connectivity index (χ4v) is 2.05. The summed E-state index contributed by atoms with van der Waals surface area (Å²) in [6.45, 7) is 5.31. The minimum atomic E-state index is -0.466. The largest absolute Gasteiger partial charge is 0.465 e. The molecule has 1 aromatic rings. The van der Waals surface area contributed by atoms with Crippen molar-refractivity contribution in [3.63, 3.8) is 0 Å². The smallest absolute Gasteiger partial charge is 0.327 e. The third-order valence-electron chi connectivity index (χ3n) is 2.71. The highest BCUT2D eigenvalue weighted by Crippen LogP contribution is 2.22. The van der Waals surface area contributed by atoms with E-state index in [-0.39, 0.29) is 5.97 Å². The Morgan fingerprint density at radius 2 is 2.21 bits per heavy atom. The SMILES string of the molecule is CCOC(=O)C(NCCOC)c1ccc(C)c(Br)c1. The Morgan fingerprint density at radius 1 is 1.47 bits per heavy atom. The van der Waals surface area contributed by atoms with E-state index in [1.165, 1.54) is 0 Å². The second-order valence-electron chi connectivity index (χ2n) is 4.14. The summed E-state index contributed by atoms with van der Waals surface area (Å²) in [7, 11) is 1.63. The first-order valence-electron chi connectivity index (χ1n) is 6.25. The van der Waals surface area contributed by atoms with Gasteiger partial charge in [0, 0.05) is 18.1 Å². The number of methoxy groups -OCH3 is 1. The molecule has 0 radical (unpaired) electrons. The summed E-state index contributed by atoms with van der Waals surface area (Å²) < 4.78 is 11.1. The van der Waals surface area contributed by atoms with Crippen molar-refractivity contribution in [2.75, 3.05) is 26.9 Å². The van der Waals surface area contributed by atoms with E-state index in [4.69, 9.17) is 9.47 Å². The van der Waals surface area contributed by atoms with Gasteiger partial charge in [0.1, 0.15) is 6.04 Å². The highest BCUT2D eigenvalue weighted by Gasteiger charge is 2.21. The van der Waals surface area contributed by atoms with Gasteiger partial charge in [-0.3, -0.25) is 5.32 Å². The van der Waals surface area contributed by atoms with E-state index in [1.807, 2.05) is 25.1 Å². The first-order valence-corrected chi connectivity index (χ1v) is 7.04. The molecule has 0 saturated heterocycles. The average Bonchev–Trinajstić information content (AvgIpc) is 2.38. The van der Waals surface area contributed by atoms with Gasteiger partial charge in [0.25, 0.3) is 0 Å². The zero-order valence-electron chi connectivity index (χ0n) is 11.5. The molecule has 0 aliphatic heterocycles. The maximum atomic E-state index is 12.0. The van der Waals surface area contributed by atoms with Crippen LogP contribution in [0.5, 0.6) is 0 Å². The highest BCUT2D eigenvalue weighted by atomic mass is 79.9. The second-order valence-corrected chi connectivity index (χ2v) is 4.99. The lowest BCUT2D eigenvalue weighted by Gasteiger charge is -2.18. The molecule has 1 rings (SSSR count). The van der Waals surface area contributed by atoms with Gasteiger partial charge in [-0.15, -0.1) is 0 Å². The number of esters is 1. The molecule has 0 spiro atoms. The van der Waals surface area contributed by atoms with Crippen molar-refractivity contribution < 1.29 is 14.3 Å². The Kier molecular flexibility index (Phi) is 7.05. The van der Waals surface area contributed by atoms with Gasteiger partial charge in [0.05, 0.1) is 13.2 Å². The van der Waals surface area contributed by atoms with Crippen LogP contribution in [0.1, 0.15) is 24.1 Å². The van der Waals surface area contributed by atoms with Crippen LogP contribution in [0.2, 0.25) is 0 Å². The number of aryl methyl sites for hydroxylation is 1. The summed E-state index contributed by atoms with van der Waals surface area (Å²) in [5.41, 5.74) is 2.01. The Hall–Kier alpha value is -0.910. The second kappa shape index (κ2) is 8.30. The molecule has 1 atom stereocenters. The van der Waals surface area contributed by atoms with Gasteiger partial charge in [-0.1, -0.05) is 28.1 Å². The molecule has 1 aromatic carbocycles. The zero-order chi connectivity index (χ0) is 14.3. The quantitative estimate of drug-likeness (QED) is 0.617. The number of nitrogens with one attached hydrogen (secondary N) is 1.